The van der Waals surface area contributed by atoms with Gasteiger partial charge in [0.25, 0.3) is 0 Å². The van der Waals surface area contributed by atoms with Crippen LogP contribution in [0.5, 0.6) is 0 Å². The number of amides is 3. The van der Waals surface area contributed by atoms with E-state index in [-0.39, 0.29) is 23.2 Å². The Kier molecular flexibility index (Phi) is 6.61. The number of ether oxygens (including phenoxy) is 1. The van der Waals surface area contributed by atoms with Gasteiger partial charge in [0.1, 0.15) is 11.6 Å². The first-order chi connectivity index (χ1) is 17.2. The molecule has 0 radical (unpaired) electrons. The molecule has 2 aromatic rings. The number of benzene rings is 2. The minimum atomic E-state index is -1.22. The van der Waals surface area contributed by atoms with Gasteiger partial charge in [0.15, 0.2) is 0 Å². The smallest absolute Gasteiger partial charge is 0.250 e. The number of hydrogen-bond acceptors (Lipinski definition) is 5. The Morgan fingerprint density at radius 3 is 2.58 bits per heavy atom. The molecule has 8 nitrogen and oxygen atoms in total. The number of anilines is 2. The number of carbonyl (C=O) groups excluding carboxylic acids is 3. The molecule has 3 unspecified atom stereocenters. The van der Waals surface area contributed by atoms with Gasteiger partial charge in [-0.15, -0.1) is 0 Å². The van der Waals surface area contributed by atoms with Crippen molar-refractivity contribution in [2.24, 2.45) is 11.8 Å². The maximum absolute atomic E-state index is 13.9. The van der Waals surface area contributed by atoms with Crippen LogP contribution in [0.2, 0.25) is 5.02 Å². The Morgan fingerprint density at radius 1 is 1.19 bits per heavy atom. The number of alkyl halides is 1. The predicted molar refractivity (Wildman–Crippen MR) is 139 cm³/mol. The van der Waals surface area contributed by atoms with Gasteiger partial charge in [0.2, 0.25) is 17.7 Å². The Balaban J connectivity index is 1.53. The molecule has 3 N–H and O–H groups in total. The number of hydrogen-bond donors (Lipinski definition) is 3. The normalized spacial score (nSPS) is 31.3. The quantitative estimate of drug-likeness (QED) is 0.457. The van der Waals surface area contributed by atoms with E-state index in [1.165, 1.54) is 4.90 Å². The van der Waals surface area contributed by atoms with Crippen LogP contribution in [0.1, 0.15) is 18.9 Å². The van der Waals surface area contributed by atoms with Crippen molar-refractivity contribution < 1.29 is 24.2 Å². The summed E-state index contributed by atoms with van der Waals surface area (Å²) in [5.74, 6) is -2.84. The van der Waals surface area contributed by atoms with E-state index in [0.717, 1.165) is 5.56 Å². The number of halogens is 2. The van der Waals surface area contributed by atoms with Crippen LogP contribution in [0.3, 0.4) is 0 Å². The zero-order valence-corrected chi connectivity index (χ0v) is 22.1. The monoisotopic (exact) mass is 575 g/mol. The highest BCUT2D eigenvalue weighted by Gasteiger charge is 2.76. The van der Waals surface area contributed by atoms with Gasteiger partial charge in [-0.1, -0.05) is 57.9 Å². The number of para-hydroxylation sites is 2. The van der Waals surface area contributed by atoms with E-state index < -0.39 is 41.5 Å². The molecule has 1 spiro atoms. The van der Waals surface area contributed by atoms with Crippen molar-refractivity contribution in [3.8, 4) is 0 Å². The van der Waals surface area contributed by atoms with Crippen molar-refractivity contribution in [3.63, 3.8) is 0 Å². The van der Waals surface area contributed by atoms with Crippen molar-refractivity contribution in [1.29, 1.82) is 0 Å². The van der Waals surface area contributed by atoms with E-state index in [4.69, 9.17) is 16.3 Å². The van der Waals surface area contributed by atoms with Gasteiger partial charge in [-0.3, -0.25) is 14.4 Å². The summed E-state index contributed by atoms with van der Waals surface area (Å²) in [5.41, 5.74) is 0.609. The fourth-order valence-corrected chi connectivity index (χ4v) is 7.17. The van der Waals surface area contributed by atoms with E-state index in [1.54, 1.807) is 31.2 Å². The molecule has 0 saturated carbocycles. The third-order valence-corrected chi connectivity index (χ3v) is 8.69. The molecule has 2 bridgehead atoms. The lowest BCUT2D eigenvalue weighted by Gasteiger charge is -2.36. The maximum atomic E-state index is 13.9. The number of carbonyl (C=O) groups is 3. The van der Waals surface area contributed by atoms with Gasteiger partial charge in [0.05, 0.1) is 41.3 Å². The van der Waals surface area contributed by atoms with E-state index in [0.29, 0.717) is 22.8 Å². The van der Waals surface area contributed by atoms with Crippen LogP contribution in [0.25, 0.3) is 0 Å². The molecule has 3 saturated heterocycles. The fourth-order valence-electron chi connectivity index (χ4n) is 5.96. The van der Waals surface area contributed by atoms with Crippen molar-refractivity contribution in [1.82, 2.24) is 4.90 Å². The Bertz CT molecular complexity index is 1190. The summed E-state index contributed by atoms with van der Waals surface area (Å²) >= 11 is 10.0. The SMILES string of the molecule is Cc1cccc(Cl)c1NC(=O)C1N([C@H](C)CO)C(=O)[C@@H]2[C@@H](C(=O)Nc3ccccc3)[C@@H]3OC12CC3Br. The highest BCUT2D eigenvalue weighted by Crippen LogP contribution is 2.60. The number of nitrogens with zero attached hydrogens (tertiary/aromatic N) is 1. The summed E-state index contributed by atoms with van der Waals surface area (Å²) < 4.78 is 6.45. The van der Waals surface area contributed by atoms with Crippen molar-refractivity contribution >= 4 is 56.6 Å². The van der Waals surface area contributed by atoms with Gasteiger partial charge in [-0.25, -0.2) is 0 Å². The summed E-state index contributed by atoms with van der Waals surface area (Å²) in [4.78, 5) is 42.4. The van der Waals surface area contributed by atoms with Crippen LogP contribution >= 0.6 is 27.5 Å². The van der Waals surface area contributed by atoms with Crippen LogP contribution in [-0.2, 0) is 19.1 Å². The molecular weight excluding hydrogens is 550 g/mol. The number of aliphatic hydroxyl groups is 1. The van der Waals surface area contributed by atoms with E-state index in [2.05, 4.69) is 26.6 Å². The predicted octanol–water partition coefficient (Wildman–Crippen LogP) is 3.35. The van der Waals surface area contributed by atoms with Gasteiger partial charge < -0.3 is 25.4 Å². The number of rotatable bonds is 6. The van der Waals surface area contributed by atoms with Crippen molar-refractivity contribution in [2.45, 2.75) is 48.9 Å². The first kappa shape index (κ1) is 25.2. The standard InChI is InChI=1S/C26H27BrClN3O5/c1-13-7-6-10-17(28)20(13)30-24(34)22-26-11-16(27)21(36-26)18(19(26)25(35)31(22)14(2)12-32)23(33)29-15-8-4-3-5-9-15/h3-10,14,16,18-19,21-22,32H,11-12H2,1-2H3,(H,29,33)(H,30,34)/t14-,16?,18-,19+,21-,22?,26?/m1/s1. The molecule has 2 aromatic carbocycles. The molecule has 3 fully saturated rings. The van der Waals surface area contributed by atoms with Crippen LogP contribution in [0, 0.1) is 18.8 Å². The number of nitrogens with one attached hydrogen (secondary N) is 2. The molecule has 5 rings (SSSR count). The lowest BCUT2D eigenvalue weighted by atomic mass is 9.70. The van der Waals surface area contributed by atoms with Crippen molar-refractivity contribution in [3.05, 3.63) is 59.1 Å². The maximum Gasteiger partial charge on any atom is 0.250 e. The van der Waals surface area contributed by atoms with Gasteiger partial charge in [0, 0.05) is 10.5 Å². The zero-order valence-electron chi connectivity index (χ0n) is 19.8. The summed E-state index contributed by atoms with van der Waals surface area (Å²) in [6, 6.07) is 12.6. The first-order valence-electron chi connectivity index (χ1n) is 11.9. The second-order valence-electron chi connectivity index (χ2n) is 9.72. The summed E-state index contributed by atoms with van der Waals surface area (Å²) in [7, 11) is 0. The molecule has 3 aliphatic heterocycles. The van der Waals surface area contributed by atoms with Gasteiger partial charge >= 0.3 is 0 Å². The van der Waals surface area contributed by atoms with Crippen LogP contribution < -0.4 is 10.6 Å². The molecule has 190 valence electrons. The average molecular weight is 577 g/mol. The number of aryl methyl sites for hydroxylation is 1. The van der Waals surface area contributed by atoms with Gasteiger partial charge in [-0.2, -0.15) is 0 Å². The topological polar surface area (TPSA) is 108 Å². The van der Waals surface area contributed by atoms with Crippen LogP contribution in [0.15, 0.2) is 48.5 Å². The molecule has 0 aliphatic carbocycles. The Labute approximate surface area is 222 Å². The van der Waals surface area contributed by atoms with E-state index in [9.17, 15) is 19.5 Å². The van der Waals surface area contributed by atoms with E-state index in [1.807, 2.05) is 31.2 Å². The molecule has 7 atom stereocenters. The van der Waals surface area contributed by atoms with Crippen LogP contribution in [0.4, 0.5) is 11.4 Å². The average Bonchev–Trinajstić information content (AvgIpc) is 3.45. The molecule has 10 heteroatoms. The molecular formula is C26H27BrClN3O5. The Morgan fingerprint density at radius 2 is 1.92 bits per heavy atom. The molecule has 3 heterocycles. The minimum Gasteiger partial charge on any atom is -0.394 e. The zero-order chi connectivity index (χ0) is 25.8. The highest BCUT2D eigenvalue weighted by molar-refractivity contribution is 9.09. The summed E-state index contributed by atoms with van der Waals surface area (Å²) in [6.07, 6.45) is -0.205. The number of fused-ring (bicyclic) bond motifs is 1. The largest absolute Gasteiger partial charge is 0.394 e. The second-order valence-corrected chi connectivity index (χ2v) is 11.3. The van der Waals surface area contributed by atoms with Gasteiger partial charge in [-0.05, 0) is 44.0 Å². The molecule has 3 amide bonds. The second kappa shape index (κ2) is 9.45. The highest BCUT2D eigenvalue weighted by atomic mass is 79.9. The molecule has 0 aromatic heterocycles. The molecule has 3 aliphatic rings. The third-order valence-electron chi connectivity index (χ3n) is 7.53. The van der Waals surface area contributed by atoms with E-state index >= 15 is 0 Å². The van der Waals surface area contributed by atoms with Crippen LogP contribution in [-0.4, -0.2) is 63.0 Å². The number of aliphatic hydroxyl groups excluding tert-OH is 1. The number of likely N-dealkylation sites (tertiary alicyclic amines) is 1. The third kappa shape index (κ3) is 3.84. The lowest BCUT2D eigenvalue weighted by Crippen LogP contribution is -2.56. The molecule has 36 heavy (non-hydrogen) atoms. The first-order valence-corrected chi connectivity index (χ1v) is 13.2. The lowest BCUT2D eigenvalue weighted by molar-refractivity contribution is -0.142. The fraction of sp³-hybridized carbons (Fsp3) is 0.423. The summed E-state index contributed by atoms with van der Waals surface area (Å²) in [6.45, 7) is 3.16. The minimum absolute atomic E-state index is 0.227. The van der Waals surface area contributed by atoms with Crippen molar-refractivity contribution in [2.75, 3.05) is 17.2 Å². The Hall–Kier alpha value is -2.46. The summed E-state index contributed by atoms with van der Waals surface area (Å²) in [5, 5.41) is 16.1.